The van der Waals surface area contributed by atoms with Gasteiger partial charge in [-0.3, -0.25) is 4.90 Å². The quantitative estimate of drug-likeness (QED) is 0.797. The number of benzene rings is 1. The largest absolute Gasteiger partial charge is 0.444 e. The maximum Gasteiger partial charge on any atom is 0.414 e. The predicted octanol–water partition coefficient (Wildman–Crippen LogP) is 3.32. The van der Waals surface area contributed by atoms with Gasteiger partial charge in [-0.1, -0.05) is 35.0 Å². The summed E-state index contributed by atoms with van der Waals surface area (Å²) in [6.07, 6.45) is 0.652. The van der Waals surface area contributed by atoms with Crippen LogP contribution in [0.1, 0.15) is 18.9 Å². The molecule has 0 spiro atoms. The zero-order valence-corrected chi connectivity index (χ0v) is 10.7. The number of carbonyl (C=O) groups is 1. The van der Waals surface area contributed by atoms with Crippen molar-refractivity contribution in [1.82, 2.24) is 0 Å². The standard InChI is InChI=1S/C12H14BrNO2/c1-2-11-8-14(12(15)16-11)10-5-3-4-9(6-10)7-13/h3-6,11H,2,7-8H2,1H3. The second kappa shape index (κ2) is 4.87. The summed E-state index contributed by atoms with van der Waals surface area (Å²) in [7, 11) is 0. The molecule has 1 aliphatic heterocycles. The predicted molar refractivity (Wildman–Crippen MR) is 67.0 cm³/mol. The average Bonchev–Trinajstić information content (AvgIpc) is 2.71. The van der Waals surface area contributed by atoms with Crippen molar-refractivity contribution in [3.63, 3.8) is 0 Å². The van der Waals surface area contributed by atoms with Crippen LogP contribution in [0.25, 0.3) is 0 Å². The molecule has 0 bridgehead atoms. The Hall–Kier alpha value is -1.03. The second-order valence-corrected chi connectivity index (χ2v) is 4.39. The lowest BCUT2D eigenvalue weighted by molar-refractivity contribution is 0.139. The van der Waals surface area contributed by atoms with Gasteiger partial charge in [0.1, 0.15) is 6.10 Å². The molecule has 1 amide bonds. The summed E-state index contributed by atoms with van der Waals surface area (Å²) in [4.78, 5) is 13.3. The number of anilines is 1. The van der Waals surface area contributed by atoms with E-state index in [0.29, 0.717) is 6.54 Å². The van der Waals surface area contributed by atoms with Gasteiger partial charge in [-0.05, 0) is 24.1 Å². The molecule has 1 heterocycles. The number of ether oxygens (including phenoxy) is 1. The van der Waals surface area contributed by atoms with Gasteiger partial charge in [0.15, 0.2) is 0 Å². The molecule has 1 aromatic carbocycles. The Morgan fingerprint density at radius 3 is 3.00 bits per heavy atom. The molecule has 1 saturated heterocycles. The first kappa shape index (κ1) is 11.5. The topological polar surface area (TPSA) is 29.5 Å². The highest BCUT2D eigenvalue weighted by Crippen LogP contribution is 2.24. The molecule has 4 heteroatoms. The third-order valence-corrected chi connectivity index (χ3v) is 3.35. The van der Waals surface area contributed by atoms with Crippen LogP contribution in [-0.4, -0.2) is 18.7 Å². The third-order valence-electron chi connectivity index (χ3n) is 2.71. The lowest BCUT2D eigenvalue weighted by Crippen LogP contribution is -2.24. The van der Waals surface area contributed by atoms with E-state index >= 15 is 0 Å². The molecule has 1 aliphatic rings. The van der Waals surface area contributed by atoms with Crippen LogP contribution >= 0.6 is 15.9 Å². The summed E-state index contributed by atoms with van der Waals surface area (Å²) in [6, 6.07) is 7.93. The first-order chi connectivity index (χ1) is 7.74. The zero-order valence-electron chi connectivity index (χ0n) is 9.15. The Morgan fingerprint density at radius 1 is 1.56 bits per heavy atom. The van der Waals surface area contributed by atoms with Crippen LogP contribution in [0.3, 0.4) is 0 Å². The molecule has 1 atom stereocenters. The number of hydrogen-bond acceptors (Lipinski definition) is 2. The average molecular weight is 284 g/mol. The number of hydrogen-bond donors (Lipinski definition) is 0. The van der Waals surface area contributed by atoms with Crippen LogP contribution in [0, 0.1) is 0 Å². The van der Waals surface area contributed by atoms with Gasteiger partial charge in [0.2, 0.25) is 0 Å². The van der Waals surface area contributed by atoms with E-state index in [0.717, 1.165) is 23.0 Å². The molecular weight excluding hydrogens is 270 g/mol. The summed E-state index contributed by atoms with van der Waals surface area (Å²) in [5.41, 5.74) is 2.07. The van der Waals surface area contributed by atoms with E-state index in [-0.39, 0.29) is 12.2 Å². The van der Waals surface area contributed by atoms with Gasteiger partial charge in [-0.2, -0.15) is 0 Å². The fourth-order valence-electron chi connectivity index (χ4n) is 1.75. The Bertz CT molecular complexity index is 394. The number of rotatable bonds is 3. The third kappa shape index (κ3) is 2.21. The Balaban J connectivity index is 2.20. The van der Waals surface area contributed by atoms with Gasteiger partial charge in [0.25, 0.3) is 0 Å². The van der Waals surface area contributed by atoms with Gasteiger partial charge < -0.3 is 4.74 Å². The number of alkyl halides is 1. The zero-order chi connectivity index (χ0) is 11.5. The first-order valence-electron chi connectivity index (χ1n) is 5.37. The van der Waals surface area contributed by atoms with Crippen LogP contribution in [0.5, 0.6) is 0 Å². The molecular formula is C12H14BrNO2. The summed E-state index contributed by atoms with van der Waals surface area (Å²) in [5, 5.41) is 0.793. The van der Waals surface area contributed by atoms with Crippen LogP contribution in [0.4, 0.5) is 10.5 Å². The highest BCUT2D eigenvalue weighted by atomic mass is 79.9. The number of halogens is 1. The summed E-state index contributed by atoms with van der Waals surface area (Å²) in [5.74, 6) is 0. The Kier molecular flexibility index (Phi) is 3.49. The van der Waals surface area contributed by atoms with Gasteiger partial charge in [-0.15, -0.1) is 0 Å². The van der Waals surface area contributed by atoms with Crippen LogP contribution in [-0.2, 0) is 10.1 Å². The molecule has 0 aromatic heterocycles. The van der Waals surface area contributed by atoms with E-state index < -0.39 is 0 Å². The summed E-state index contributed by atoms with van der Waals surface area (Å²) in [6.45, 7) is 2.68. The van der Waals surface area contributed by atoms with Crippen LogP contribution in [0.2, 0.25) is 0 Å². The van der Waals surface area contributed by atoms with Gasteiger partial charge in [0.05, 0.1) is 6.54 Å². The molecule has 1 aromatic rings. The second-order valence-electron chi connectivity index (χ2n) is 3.83. The van der Waals surface area contributed by atoms with Crippen LogP contribution in [0.15, 0.2) is 24.3 Å². The molecule has 16 heavy (non-hydrogen) atoms. The maximum absolute atomic E-state index is 11.6. The van der Waals surface area contributed by atoms with Gasteiger partial charge in [-0.25, -0.2) is 4.79 Å². The van der Waals surface area contributed by atoms with E-state index in [4.69, 9.17) is 4.74 Å². The number of carbonyl (C=O) groups excluding carboxylic acids is 1. The lowest BCUT2D eigenvalue weighted by Gasteiger charge is -2.13. The van der Waals surface area contributed by atoms with E-state index in [1.807, 2.05) is 31.2 Å². The van der Waals surface area contributed by atoms with E-state index in [1.165, 1.54) is 0 Å². The fraction of sp³-hybridized carbons (Fsp3) is 0.417. The minimum Gasteiger partial charge on any atom is -0.444 e. The van der Waals surface area contributed by atoms with E-state index in [2.05, 4.69) is 15.9 Å². The molecule has 0 aliphatic carbocycles. The van der Waals surface area contributed by atoms with Crippen LogP contribution < -0.4 is 4.90 Å². The number of nitrogens with zero attached hydrogens (tertiary/aromatic N) is 1. The van der Waals surface area contributed by atoms with Crippen molar-refractivity contribution in [3.8, 4) is 0 Å². The molecule has 2 rings (SSSR count). The maximum atomic E-state index is 11.6. The lowest BCUT2D eigenvalue weighted by atomic mass is 10.2. The highest BCUT2D eigenvalue weighted by Gasteiger charge is 2.30. The Labute approximate surface area is 104 Å². The van der Waals surface area contributed by atoms with Crippen molar-refractivity contribution in [2.45, 2.75) is 24.8 Å². The van der Waals surface area contributed by atoms with Crippen molar-refractivity contribution >= 4 is 27.7 Å². The molecule has 0 N–H and O–H groups in total. The number of amides is 1. The molecule has 0 radical (unpaired) electrons. The summed E-state index contributed by atoms with van der Waals surface area (Å²) >= 11 is 3.41. The Morgan fingerprint density at radius 2 is 2.38 bits per heavy atom. The molecule has 86 valence electrons. The van der Waals surface area contributed by atoms with E-state index in [1.54, 1.807) is 4.90 Å². The van der Waals surface area contributed by atoms with Crippen molar-refractivity contribution in [3.05, 3.63) is 29.8 Å². The van der Waals surface area contributed by atoms with Crippen molar-refractivity contribution < 1.29 is 9.53 Å². The minimum atomic E-state index is -0.237. The minimum absolute atomic E-state index is 0.0279. The van der Waals surface area contributed by atoms with Crippen molar-refractivity contribution in [2.75, 3.05) is 11.4 Å². The monoisotopic (exact) mass is 283 g/mol. The highest BCUT2D eigenvalue weighted by molar-refractivity contribution is 9.08. The first-order valence-corrected chi connectivity index (χ1v) is 6.49. The van der Waals surface area contributed by atoms with E-state index in [9.17, 15) is 4.79 Å². The smallest absolute Gasteiger partial charge is 0.414 e. The summed E-state index contributed by atoms with van der Waals surface area (Å²) < 4.78 is 5.23. The molecule has 3 nitrogen and oxygen atoms in total. The molecule has 0 saturated carbocycles. The van der Waals surface area contributed by atoms with Gasteiger partial charge in [0, 0.05) is 11.0 Å². The molecule has 1 fully saturated rings. The fourth-order valence-corrected chi connectivity index (χ4v) is 2.10. The van der Waals surface area contributed by atoms with Gasteiger partial charge >= 0.3 is 6.09 Å². The normalized spacial score (nSPS) is 20.0. The number of cyclic esters (lactones) is 1. The molecule has 1 unspecified atom stereocenters. The van der Waals surface area contributed by atoms with Crippen molar-refractivity contribution in [2.24, 2.45) is 0 Å². The van der Waals surface area contributed by atoms with Crippen molar-refractivity contribution in [1.29, 1.82) is 0 Å². The SMILES string of the molecule is CCC1CN(c2cccc(CBr)c2)C(=O)O1.